The number of phenols is 2. The lowest BCUT2D eigenvalue weighted by Crippen LogP contribution is -2.23. The van der Waals surface area contributed by atoms with Crippen LogP contribution in [0.4, 0.5) is 0 Å². The van der Waals surface area contributed by atoms with Crippen molar-refractivity contribution in [1.29, 1.82) is 0 Å². The van der Waals surface area contributed by atoms with Crippen LogP contribution in [0.1, 0.15) is 16.1 Å². The van der Waals surface area contributed by atoms with E-state index in [2.05, 4.69) is 15.3 Å². The van der Waals surface area contributed by atoms with Crippen molar-refractivity contribution in [3.63, 3.8) is 0 Å². The summed E-state index contributed by atoms with van der Waals surface area (Å²) in [7, 11) is 0. The Morgan fingerprint density at radius 3 is 2.57 bits per heavy atom. The Labute approximate surface area is 132 Å². The second kappa shape index (κ2) is 6.23. The monoisotopic (exact) mass is 309 g/mol. The molecule has 0 aliphatic heterocycles. The Bertz CT molecular complexity index is 842. The first-order valence-corrected chi connectivity index (χ1v) is 7.02. The molecule has 1 aromatic heterocycles. The molecule has 0 spiro atoms. The molecule has 0 unspecified atom stereocenters. The van der Waals surface area contributed by atoms with E-state index in [9.17, 15) is 15.0 Å². The normalized spacial score (nSPS) is 10.4. The molecule has 0 fully saturated rings. The largest absolute Gasteiger partial charge is 0.508 e. The van der Waals surface area contributed by atoms with Gasteiger partial charge in [-0.25, -0.2) is 4.98 Å². The Hall–Kier alpha value is -3.28. The van der Waals surface area contributed by atoms with Gasteiger partial charge in [-0.05, 0) is 29.8 Å². The predicted octanol–water partition coefficient (Wildman–Crippen LogP) is 2.42. The highest BCUT2D eigenvalue weighted by atomic mass is 16.3. The highest BCUT2D eigenvalue weighted by Crippen LogP contribution is 2.20. The summed E-state index contributed by atoms with van der Waals surface area (Å²) in [6.07, 6.45) is 1.44. The van der Waals surface area contributed by atoms with Gasteiger partial charge in [0.25, 0.3) is 5.91 Å². The topological polar surface area (TPSA) is 98.2 Å². The van der Waals surface area contributed by atoms with Gasteiger partial charge in [-0.1, -0.05) is 24.3 Å². The molecule has 0 saturated heterocycles. The van der Waals surface area contributed by atoms with Crippen molar-refractivity contribution in [2.45, 2.75) is 6.54 Å². The molecule has 0 atom stereocenters. The number of H-pyrrole nitrogens is 1. The SMILES string of the molecule is O=C(NCc1cccc(O)c1)c1cnc(-c2cccc(O)c2)[nH]1. The summed E-state index contributed by atoms with van der Waals surface area (Å²) < 4.78 is 0. The highest BCUT2D eigenvalue weighted by molar-refractivity contribution is 5.92. The van der Waals surface area contributed by atoms with Crippen molar-refractivity contribution in [2.75, 3.05) is 0 Å². The zero-order chi connectivity index (χ0) is 16.2. The van der Waals surface area contributed by atoms with E-state index >= 15 is 0 Å². The van der Waals surface area contributed by atoms with E-state index in [1.807, 2.05) is 6.07 Å². The number of carbonyl (C=O) groups excluding carboxylic acids is 1. The first kappa shape index (κ1) is 14.6. The van der Waals surface area contributed by atoms with Crippen LogP contribution in [0.5, 0.6) is 11.5 Å². The highest BCUT2D eigenvalue weighted by Gasteiger charge is 2.11. The van der Waals surface area contributed by atoms with Gasteiger partial charge in [0.15, 0.2) is 0 Å². The Kier molecular flexibility index (Phi) is 3.97. The molecule has 2 aromatic carbocycles. The standard InChI is InChI=1S/C17H15N3O3/c21-13-5-1-3-11(7-13)9-19-17(23)15-10-18-16(20-15)12-4-2-6-14(22)8-12/h1-8,10,21-22H,9H2,(H,18,20)(H,19,23). The molecule has 4 N–H and O–H groups in total. The number of carbonyl (C=O) groups is 1. The average molecular weight is 309 g/mol. The van der Waals surface area contributed by atoms with Crippen molar-refractivity contribution in [1.82, 2.24) is 15.3 Å². The quantitative estimate of drug-likeness (QED) is 0.595. The Balaban J connectivity index is 1.69. The molecular weight excluding hydrogens is 294 g/mol. The van der Waals surface area contributed by atoms with E-state index in [1.165, 1.54) is 6.20 Å². The number of benzene rings is 2. The Morgan fingerprint density at radius 1 is 1.09 bits per heavy atom. The lowest BCUT2D eigenvalue weighted by molar-refractivity contribution is 0.0946. The second-order valence-corrected chi connectivity index (χ2v) is 5.05. The lowest BCUT2D eigenvalue weighted by atomic mass is 10.2. The summed E-state index contributed by atoms with van der Waals surface area (Å²) in [5.41, 5.74) is 1.81. The van der Waals surface area contributed by atoms with Crippen LogP contribution in [0.25, 0.3) is 11.4 Å². The van der Waals surface area contributed by atoms with E-state index in [-0.39, 0.29) is 17.4 Å². The maximum Gasteiger partial charge on any atom is 0.269 e. The first-order valence-electron chi connectivity index (χ1n) is 7.02. The van der Waals surface area contributed by atoms with Gasteiger partial charge in [-0.2, -0.15) is 0 Å². The van der Waals surface area contributed by atoms with E-state index < -0.39 is 0 Å². The summed E-state index contributed by atoms with van der Waals surface area (Å²) in [5.74, 6) is 0.494. The number of aromatic amines is 1. The van der Waals surface area contributed by atoms with Crippen molar-refractivity contribution in [3.8, 4) is 22.9 Å². The number of aromatic hydroxyl groups is 2. The molecule has 1 amide bonds. The van der Waals surface area contributed by atoms with Crippen LogP contribution in [-0.4, -0.2) is 26.1 Å². The minimum Gasteiger partial charge on any atom is -0.508 e. The zero-order valence-corrected chi connectivity index (χ0v) is 12.2. The van der Waals surface area contributed by atoms with Crippen LogP contribution < -0.4 is 5.32 Å². The number of aromatic nitrogens is 2. The third-order valence-corrected chi connectivity index (χ3v) is 3.30. The number of hydrogen-bond acceptors (Lipinski definition) is 4. The Morgan fingerprint density at radius 2 is 1.83 bits per heavy atom. The molecule has 0 saturated carbocycles. The molecule has 0 aliphatic carbocycles. The minimum absolute atomic E-state index is 0.133. The second-order valence-electron chi connectivity index (χ2n) is 5.05. The van der Waals surface area contributed by atoms with Gasteiger partial charge in [-0.15, -0.1) is 0 Å². The van der Waals surface area contributed by atoms with Crippen LogP contribution in [0.3, 0.4) is 0 Å². The van der Waals surface area contributed by atoms with Gasteiger partial charge in [0, 0.05) is 12.1 Å². The first-order chi connectivity index (χ1) is 11.1. The summed E-state index contributed by atoms with van der Waals surface area (Å²) in [5, 5.41) is 21.6. The minimum atomic E-state index is -0.299. The van der Waals surface area contributed by atoms with Crippen molar-refractivity contribution in [3.05, 3.63) is 66.0 Å². The van der Waals surface area contributed by atoms with Crippen LogP contribution in [-0.2, 0) is 6.54 Å². The van der Waals surface area contributed by atoms with Crippen molar-refractivity contribution >= 4 is 5.91 Å². The number of phenolic OH excluding ortho intramolecular Hbond substituents is 2. The van der Waals surface area contributed by atoms with Crippen LogP contribution in [0, 0.1) is 0 Å². The van der Waals surface area contributed by atoms with Crippen molar-refractivity contribution in [2.24, 2.45) is 0 Å². The fourth-order valence-corrected chi connectivity index (χ4v) is 2.18. The average Bonchev–Trinajstić information content (AvgIpc) is 3.03. The molecule has 3 aromatic rings. The van der Waals surface area contributed by atoms with E-state index in [4.69, 9.17) is 0 Å². The van der Waals surface area contributed by atoms with Crippen LogP contribution in [0.15, 0.2) is 54.7 Å². The number of nitrogens with one attached hydrogen (secondary N) is 2. The summed E-state index contributed by atoms with van der Waals surface area (Å²) in [6, 6.07) is 13.3. The molecule has 23 heavy (non-hydrogen) atoms. The van der Waals surface area contributed by atoms with E-state index in [0.717, 1.165) is 5.56 Å². The number of nitrogens with zero attached hydrogens (tertiary/aromatic N) is 1. The maximum atomic E-state index is 12.1. The fraction of sp³-hybridized carbons (Fsp3) is 0.0588. The third kappa shape index (κ3) is 3.49. The summed E-state index contributed by atoms with van der Waals surface area (Å²) >= 11 is 0. The zero-order valence-electron chi connectivity index (χ0n) is 12.2. The van der Waals surface area contributed by atoms with Crippen LogP contribution >= 0.6 is 0 Å². The van der Waals surface area contributed by atoms with Gasteiger partial charge in [0.05, 0.1) is 6.20 Å². The smallest absolute Gasteiger partial charge is 0.269 e. The number of rotatable bonds is 4. The molecule has 116 valence electrons. The molecule has 0 aliphatic rings. The molecule has 6 heteroatoms. The molecule has 0 radical (unpaired) electrons. The predicted molar refractivity (Wildman–Crippen MR) is 85.0 cm³/mol. The summed E-state index contributed by atoms with van der Waals surface area (Å²) in [4.78, 5) is 19.2. The van der Waals surface area contributed by atoms with Gasteiger partial charge in [-0.3, -0.25) is 4.79 Å². The molecular formula is C17H15N3O3. The van der Waals surface area contributed by atoms with E-state index in [0.29, 0.717) is 23.6 Å². The third-order valence-electron chi connectivity index (χ3n) is 3.30. The maximum absolute atomic E-state index is 12.1. The molecule has 3 rings (SSSR count). The van der Waals surface area contributed by atoms with Crippen molar-refractivity contribution < 1.29 is 15.0 Å². The van der Waals surface area contributed by atoms with Crippen LogP contribution in [0.2, 0.25) is 0 Å². The van der Waals surface area contributed by atoms with Gasteiger partial charge in [0.2, 0.25) is 0 Å². The van der Waals surface area contributed by atoms with E-state index in [1.54, 1.807) is 42.5 Å². The summed E-state index contributed by atoms with van der Waals surface area (Å²) in [6.45, 7) is 0.299. The van der Waals surface area contributed by atoms with Gasteiger partial charge >= 0.3 is 0 Å². The van der Waals surface area contributed by atoms with Gasteiger partial charge in [0.1, 0.15) is 23.0 Å². The molecule has 0 bridgehead atoms. The molecule has 6 nitrogen and oxygen atoms in total. The lowest BCUT2D eigenvalue weighted by Gasteiger charge is -2.04. The fourth-order valence-electron chi connectivity index (χ4n) is 2.18. The van der Waals surface area contributed by atoms with Gasteiger partial charge < -0.3 is 20.5 Å². The number of imidazole rings is 1. The number of hydrogen-bond donors (Lipinski definition) is 4. The number of amides is 1. The molecule has 1 heterocycles.